The second-order valence-corrected chi connectivity index (χ2v) is 4.50. The third-order valence-electron chi connectivity index (χ3n) is 2.42. The quantitative estimate of drug-likeness (QED) is 0.776. The molecule has 0 amide bonds. The zero-order valence-corrected chi connectivity index (χ0v) is 10.9. The molecule has 0 aliphatic heterocycles. The predicted molar refractivity (Wildman–Crippen MR) is 68.7 cm³/mol. The lowest BCUT2D eigenvalue weighted by atomic mass is 10.2. The molecule has 1 aromatic heterocycles. The Hall–Kier alpha value is -1.46. The number of rotatable bonds is 2. The molecular formula is C12H7Cl2F3N2. The van der Waals surface area contributed by atoms with Crippen molar-refractivity contribution in [2.24, 2.45) is 0 Å². The van der Waals surface area contributed by atoms with E-state index in [1.807, 2.05) is 0 Å². The molecule has 0 aliphatic carbocycles. The van der Waals surface area contributed by atoms with Crippen LogP contribution in [0.15, 0.2) is 31.0 Å². The number of hydrogen-bond acceptors (Lipinski definition) is 1. The van der Waals surface area contributed by atoms with Gasteiger partial charge in [-0.3, -0.25) is 0 Å². The van der Waals surface area contributed by atoms with Crippen molar-refractivity contribution in [3.8, 4) is 5.69 Å². The number of alkyl halides is 3. The van der Waals surface area contributed by atoms with E-state index >= 15 is 0 Å². The minimum atomic E-state index is -4.57. The molecule has 19 heavy (non-hydrogen) atoms. The summed E-state index contributed by atoms with van der Waals surface area (Å²) >= 11 is 11.6. The molecule has 0 saturated carbocycles. The van der Waals surface area contributed by atoms with Crippen molar-refractivity contribution in [2.45, 2.75) is 6.18 Å². The Kier molecular flexibility index (Phi) is 3.60. The van der Waals surface area contributed by atoms with Gasteiger partial charge in [-0.25, -0.2) is 4.68 Å². The highest BCUT2D eigenvalue weighted by Gasteiger charge is 2.38. The van der Waals surface area contributed by atoms with Crippen LogP contribution in [0.5, 0.6) is 0 Å². The van der Waals surface area contributed by atoms with Crippen LogP contribution in [0.2, 0.25) is 10.0 Å². The van der Waals surface area contributed by atoms with E-state index in [4.69, 9.17) is 23.2 Å². The van der Waals surface area contributed by atoms with E-state index in [1.165, 1.54) is 18.2 Å². The number of aromatic nitrogens is 2. The molecule has 0 bridgehead atoms. The molecule has 0 radical (unpaired) electrons. The largest absolute Gasteiger partial charge is 0.434 e. The van der Waals surface area contributed by atoms with Crippen molar-refractivity contribution in [2.75, 3.05) is 0 Å². The number of nitrogens with zero attached hydrogens (tertiary/aromatic N) is 2. The zero-order chi connectivity index (χ0) is 14.2. The highest BCUT2D eigenvalue weighted by Crippen LogP contribution is 2.35. The maximum absolute atomic E-state index is 13.0. The molecule has 2 aromatic rings. The van der Waals surface area contributed by atoms with Gasteiger partial charge in [-0.1, -0.05) is 35.9 Å². The maximum Gasteiger partial charge on any atom is 0.434 e. The summed E-state index contributed by atoms with van der Waals surface area (Å²) in [5, 5.41) is 4.12. The van der Waals surface area contributed by atoms with Gasteiger partial charge in [0.1, 0.15) is 0 Å². The van der Waals surface area contributed by atoms with Crippen LogP contribution in [0.4, 0.5) is 13.2 Å². The van der Waals surface area contributed by atoms with Gasteiger partial charge in [-0.05, 0) is 18.2 Å². The summed E-state index contributed by atoms with van der Waals surface area (Å²) in [6, 6.07) is 4.17. The van der Waals surface area contributed by atoms with Crippen LogP contribution >= 0.6 is 23.2 Å². The van der Waals surface area contributed by atoms with Gasteiger partial charge in [0.2, 0.25) is 0 Å². The fourth-order valence-electron chi connectivity index (χ4n) is 1.63. The first-order valence-corrected chi connectivity index (χ1v) is 5.83. The van der Waals surface area contributed by atoms with Crippen LogP contribution in [-0.4, -0.2) is 9.78 Å². The summed E-state index contributed by atoms with van der Waals surface area (Å²) in [6.07, 6.45) is -2.39. The van der Waals surface area contributed by atoms with E-state index in [-0.39, 0.29) is 16.3 Å². The lowest BCUT2D eigenvalue weighted by Crippen LogP contribution is -2.14. The van der Waals surface area contributed by atoms with Gasteiger partial charge in [-0.2, -0.15) is 18.3 Å². The van der Waals surface area contributed by atoms with Gasteiger partial charge in [-0.15, -0.1) is 0 Å². The first-order valence-electron chi connectivity index (χ1n) is 5.07. The van der Waals surface area contributed by atoms with Crippen molar-refractivity contribution in [1.29, 1.82) is 0 Å². The van der Waals surface area contributed by atoms with Crippen molar-refractivity contribution in [1.82, 2.24) is 9.78 Å². The second kappa shape index (κ2) is 4.90. The third-order valence-corrected chi connectivity index (χ3v) is 2.96. The van der Waals surface area contributed by atoms with E-state index in [9.17, 15) is 13.2 Å². The van der Waals surface area contributed by atoms with Crippen molar-refractivity contribution < 1.29 is 13.2 Å². The number of halogens is 5. The minimum Gasteiger partial charge on any atom is -0.226 e. The summed E-state index contributed by atoms with van der Waals surface area (Å²) in [5.74, 6) is 0. The molecule has 2 rings (SSSR count). The van der Waals surface area contributed by atoms with Crippen LogP contribution in [0.25, 0.3) is 11.8 Å². The number of benzene rings is 1. The first-order chi connectivity index (χ1) is 8.84. The molecule has 2 nitrogen and oxygen atoms in total. The van der Waals surface area contributed by atoms with Gasteiger partial charge < -0.3 is 0 Å². The average Bonchev–Trinajstić information content (AvgIpc) is 2.72. The smallest absolute Gasteiger partial charge is 0.226 e. The third kappa shape index (κ3) is 2.62. The summed E-state index contributed by atoms with van der Waals surface area (Å²) in [4.78, 5) is 0. The average molecular weight is 307 g/mol. The molecule has 0 fully saturated rings. The predicted octanol–water partition coefficient (Wildman–Crippen LogP) is 4.84. The zero-order valence-electron chi connectivity index (χ0n) is 9.38. The highest BCUT2D eigenvalue weighted by molar-refractivity contribution is 6.35. The van der Waals surface area contributed by atoms with Gasteiger partial charge in [0.25, 0.3) is 0 Å². The summed E-state index contributed by atoms with van der Waals surface area (Å²) in [7, 11) is 0. The number of hydrogen-bond donors (Lipinski definition) is 0. The van der Waals surface area contributed by atoms with Crippen molar-refractivity contribution in [3.63, 3.8) is 0 Å². The van der Waals surface area contributed by atoms with Crippen molar-refractivity contribution >= 4 is 29.3 Å². The lowest BCUT2D eigenvalue weighted by Gasteiger charge is -2.12. The Labute approximate surface area is 117 Å². The molecule has 0 saturated heterocycles. The Balaban J connectivity index is 2.69. The highest BCUT2D eigenvalue weighted by atomic mass is 35.5. The molecular weight excluding hydrogens is 300 g/mol. The SMILES string of the molecule is C=Cc1cnn(-c2ccc(Cl)cc2Cl)c1C(F)(F)F. The van der Waals surface area contributed by atoms with Crippen LogP contribution in [0, 0.1) is 0 Å². The van der Waals surface area contributed by atoms with Crippen molar-refractivity contribution in [3.05, 3.63) is 52.3 Å². The molecule has 0 spiro atoms. The van der Waals surface area contributed by atoms with E-state index < -0.39 is 11.9 Å². The summed E-state index contributed by atoms with van der Waals surface area (Å²) in [6.45, 7) is 3.34. The first kappa shape index (κ1) is 14.0. The normalized spacial score (nSPS) is 11.6. The Bertz CT molecular complexity index is 632. The topological polar surface area (TPSA) is 17.8 Å². The van der Waals surface area contributed by atoms with E-state index in [0.717, 1.165) is 17.0 Å². The Morgan fingerprint density at radius 3 is 2.47 bits per heavy atom. The summed E-state index contributed by atoms with van der Waals surface area (Å²) < 4.78 is 39.9. The second-order valence-electron chi connectivity index (χ2n) is 3.66. The van der Waals surface area contributed by atoms with Crippen LogP contribution in [0.3, 0.4) is 0 Å². The van der Waals surface area contributed by atoms with Gasteiger partial charge in [0.15, 0.2) is 5.69 Å². The molecule has 1 aromatic carbocycles. The van der Waals surface area contributed by atoms with Crippen LogP contribution < -0.4 is 0 Å². The molecule has 0 unspecified atom stereocenters. The molecule has 0 N–H and O–H groups in total. The monoisotopic (exact) mass is 306 g/mol. The van der Waals surface area contributed by atoms with Gasteiger partial charge in [0.05, 0.1) is 16.9 Å². The minimum absolute atomic E-state index is 0.0803. The molecule has 1 heterocycles. The maximum atomic E-state index is 13.0. The van der Waals surface area contributed by atoms with E-state index in [2.05, 4.69) is 11.7 Å². The summed E-state index contributed by atoms with van der Waals surface area (Å²) in [5.41, 5.74) is -0.934. The molecule has 0 atom stereocenters. The molecule has 0 aliphatic rings. The lowest BCUT2D eigenvalue weighted by molar-refractivity contribution is -0.142. The van der Waals surface area contributed by atoms with Gasteiger partial charge in [0, 0.05) is 10.6 Å². The Morgan fingerprint density at radius 2 is 1.95 bits per heavy atom. The molecule has 100 valence electrons. The van der Waals surface area contributed by atoms with E-state index in [1.54, 1.807) is 0 Å². The standard InChI is InChI=1S/C12H7Cl2F3N2/c1-2-7-6-18-19(11(7)12(15,16)17)10-4-3-8(13)5-9(10)14/h2-6H,1H2. The fraction of sp³-hybridized carbons (Fsp3) is 0.0833. The molecule has 7 heteroatoms. The van der Waals surface area contributed by atoms with Gasteiger partial charge >= 0.3 is 6.18 Å². The Morgan fingerprint density at radius 1 is 1.26 bits per heavy atom. The van der Waals surface area contributed by atoms with Crippen LogP contribution in [-0.2, 0) is 6.18 Å². The van der Waals surface area contributed by atoms with Crippen LogP contribution in [0.1, 0.15) is 11.3 Å². The fourth-order valence-corrected chi connectivity index (χ4v) is 2.12. The van der Waals surface area contributed by atoms with E-state index in [0.29, 0.717) is 5.02 Å².